The van der Waals surface area contributed by atoms with Gasteiger partial charge in [0.05, 0.1) is 6.54 Å². The summed E-state index contributed by atoms with van der Waals surface area (Å²) in [6, 6.07) is 1.79. The van der Waals surface area contributed by atoms with Crippen LogP contribution in [0.1, 0.15) is 11.1 Å². The van der Waals surface area contributed by atoms with Crippen molar-refractivity contribution in [2.45, 2.75) is 13.5 Å². The number of rotatable bonds is 2. The molecule has 0 aliphatic rings. The first-order chi connectivity index (χ1) is 5.75. The van der Waals surface area contributed by atoms with E-state index in [1.807, 2.05) is 6.92 Å². The molecule has 0 unspecified atom stereocenters. The zero-order valence-electron chi connectivity index (χ0n) is 6.73. The summed E-state index contributed by atoms with van der Waals surface area (Å²) in [5, 5.41) is 3.44. The van der Waals surface area contributed by atoms with Crippen molar-refractivity contribution < 1.29 is 0 Å². The van der Waals surface area contributed by atoms with Gasteiger partial charge in [-0.1, -0.05) is 5.11 Å². The third-order valence-electron chi connectivity index (χ3n) is 1.66. The molecule has 5 nitrogen and oxygen atoms in total. The summed E-state index contributed by atoms with van der Waals surface area (Å²) < 4.78 is 0. The van der Waals surface area contributed by atoms with Crippen LogP contribution in [0.3, 0.4) is 0 Å². The molecule has 12 heavy (non-hydrogen) atoms. The highest BCUT2D eigenvalue weighted by Crippen LogP contribution is 2.13. The molecular weight excluding hydrogens is 154 g/mol. The van der Waals surface area contributed by atoms with Crippen molar-refractivity contribution in [1.82, 2.24) is 4.98 Å². The number of nitrogens with zero attached hydrogens (tertiary/aromatic N) is 4. The minimum atomic E-state index is 0.328. The van der Waals surface area contributed by atoms with Gasteiger partial charge in [0, 0.05) is 11.1 Å². The van der Waals surface area contributed by atoms with Gasteiger partial charge in [0.1, 0.15) is 5.82 Å². The zero-order valence-corrected chi connectivity index (χ0v) is 6.73. The number of anilines is 1. The van der Waals surface area contributed by atoms with E-state index in [0.717, 1.165) is 11.1 Å². The molecule has 0 radical (unpaired) electrons. The van der Waals surface area contributed by atoms with Crippen molar-refractivity contribution >= 4 is 5.82 Å². The Morgan fingerprint density at radius 2 is 2.50 bits per heavy atom. The lowest BCUT2D eigenvalue weighted by atomic mass is 10.1. The SMILES string of the molecule is Cc1c(CN=[N+]=[N-])ccnc1N. The molecule has 0 aromatic carbocycles. The minimum absolute atomic E-state index is 0.328. The van der Waals surface area contributed by atoms with Crippen LogP contribution in [0.25, 0.3) is 10.4 Å². The van der Waals surface area contributed by atoms with E-state index in [2.05, 4.69) is 15.0 Å². The summed E-state index contributed by atoms with van der Waals surface area (Å²) in [4.78, 5) is 6.56. The Kier molecular flexibility index (Phi) is 2.50. The molecule has 1 aromatic rings. The molecule has 0 amide bonds. The molecule has 1 heterocycles. The fourth-order valence-electron chi connectivity index (χ4n) is 0.873. The molecule has 0 saturated heterocycles. The van der Waals surface area contributed by atoms with Crippen LogP contribution in [0.4, 0.5) is 5.82 Å². The van der Waals surface area contributed by atoms with Crippen molar-refractivity contribution in [3.8, 4) is 0 Å². The van der Waals surface area contributed by atoms with Gasteiger partial charge in [0.15, 0.2) is 0 Å². The lowest BCUT2D eigenvalue weighted by Gasteiger charge is -2.02. The molecule has 1 aromatic heterocycles. The Balaban J connectivity index is 2.99. The Morgan fingerprint density at radius 3 is 3.17 bits per heavy atom. The molecule has 0 spiro atoms. The highest BCUT2D eigenvalue weighted by molar-refractivity contribution is 5.42. The lowest BCUT2D eigenvalue weighted by Crippen LogP contribution is -1.97. The fraction of sp³-hybridized carbons (Fsp3) is 0.286. The average molecular weight is 163 g/mol. The van der Waals surface area contributed by atoms with Crippen LogP contribution >= 0.6 is 0 Å². The number of aromatic nitrogens is 1. The Bertz CT molecular complexity index is 327. The van der Waals surface area contributed by atoms with Gasteiger partial charge in [0.25, 0.3) is 0 Å². The van der Waals surface area contributed by atoms with Gasteiger partial charge in [-0.15, -0.1) is 0 Å². The molecule has 0 aliphatic heterocycles. The van der Waals surface area contributed by atoms with E-state index >= 15 is 0 Å². The van der Waals surface area contributed by atoms with E-state index in [1.165, 1.54) is 0 Å². The summed E-state index contributed by atoms with van der Waals surface area (Å²) in [7, 11) is 0. The highest BCUT2D eigenvalue weighted by Gasteiger charge is 1.99. The molecule has 0 aliphatic carbocycles. The van der Waals surface area contributed by atoms with Crippen LogP contribution in [0.15, 0.2) is 17.4 Å². The first kappa shape index (κ1) is 8.36. The Morgan fingerprint density at radius 1 is 1.75 bits per heavy atom. The maximum Gasteiger partial charge on any atom is 0.126 e. The van der Waals surface area contributed by atoms with Gasteiger partial charge in [-0.3, -0.25) is 0 Å². The summed E-state index contributed by atoms with van der Waals surface area (Å²) in [6.45, 7) is 2.18. The number of nitrogens with two attached hydrogens (primary N) is 1. The third kappa shape index (κ3) is 1.65. The van der Waals surface area contributed by atoms with Gasteiger partial charge >= 0.3 is 0 Å². The van der Waals surface area contributed by atoms with Crippen molar-refractivity contribution in [3.05, 3.63) is 33.8 Å². The van der Waals surface area contributed by atoms with Gasteiger partial charge < -0.3 is 5.73 Å². The smallest absolute Gasteiger partial charge is 0.126 e. The third-order valence-corrected chi connectivity index (χ3v) is 1.66. The van der Waals surface area contributed by atoms with Gasteiger partial charge in [-0.05, 0) is 29.6 Å². The van der Waals surface area contributed by atoms with Crippen LogP contribution in [-0.4, -0.2) is 4.98 Å². The zero-order chi connectivity index (χ0) is 8.97. The summed E-state index contributed by atoms with van der Waals surface area (Å²) in [5.41, 5.74) is 15.4. The number of hydrogen-bond donors (Lipinski definition) is 1. The molecule has 5 heteroatoms. The monoisotopic (exact) mass is 163 g/mol. The largest absolute Gasteiger partial charge is 0.383 e. The van der Waals surface area contributed by atoms with Crippen LogP contribution < -0.4 is 5.73 Å². The first-order valence-corrected chi connectivity index (χ1v) is 3.46. The second-order valence-corrected chi connectivity index (χ2v) is 2.37. The number of pyridine rings is 1. The summed E-state index contributed by atoms with van der Waals surface area (Å²) in [6.07, 6.45) is 1.60. The van der Waals surface area contributed by atoms with Crippen molar-refractivity contribution in [2.24, 2.45) is 5.11 Å². The second kappa shape index (κ2) is 3.59. The van der Waals surface area contributed by atoms with Crippen molar-refractivity contribution in [1.29, 1.82) is 0 Å². The van der Waals surface area contributed by atoms with Crippen LogP contribution in [-0.2, 0) is 6.54 Å². The van der Waals surface area contributed by atoms with Crippen molar-refractivity contribution in [3.63, 3.8) is 0 Å². The molecule has 0 fully saturated rings. The van der Waals surface area contributed by atoms with E-state index in [9.17, 15) is 0 Å². The Hall–Kier alpha value is -1.74. The number of nitrogen functional groups attached to an aromatic ring is 1. The normalized spacial score (nSPS) is 9.08. The topological polar surface area (TPSA) is 87.7 Å². The molecule has 1 rings (SSSR count). The number of azide groups is 1. The predicted molar refractivity (Wildman–Crippen MR) is 46.2 cm³/mol. The lowest BCUT2D eigenvalue weighted by molar-refractivity contribution is 1.02. The van der Waals surface area contributed by atoms with Crippen LogP contribution in [0.2, 0.25) is 0 Å². The second-order valence-electron chi connectivity index (χ2n) is 2.37. The van der Waals surface area contributed by atoms with E-state index in [-0.39, 0.29) is 0 Å². The molecule has 2 N–H and O–H groups in total. The molecule has 62 valence electrons. The van der Waals surface area contributed by atoms with Crippen molar-refractivity contribution in [2.75, 3.05) is 5.73 Å². The van der Waals surface area contributed by atoms with E-state index < -0.39 is 0 Å². The van der Waals surface area contributed by atoms with Gasteiger partial charge in [0.2, 0.25) is 0 Å². The summed E-state index contributed by atoms with van der Waals surface area (Å²) >= 11 is 0. The molecule has 0 saturated carbocycles. The predicted octanol–water partition coefficient (Wildman–Crippen LogP) is 1.78. The first-order valence-electron chi connectivity index (χ1n) is 3.46. The molecular formula is C7H9N5. The van der Waals surface area contributed by atoms with Gasteiger partial charge in [-0.25, -0.2) is 4.98 Å². The van der Waals surface area contributed by atoms with Gasteiger partial charge in [-0.2, -0.15) is 0 Å². The van der Waals surface area contributed by atoms with E-state index in [0.29, 0.717) is 12.4 Å². The van der Waals surface area contributed by atoms with Crippen LogP contribution in [0, 0.1) is 6.92 Å². The number of hydrogen-bond acceptors (Lipinski definition) is 3. The molecule has 0 atom stereocenters. The Labute approximate surface area is 69.9 Å². The maximum atomic E-state index is 8.10. The maximum absolute atomic E-state index is 8.10. The standard InChI is InChI=1S/C7H9N5/c1-5-6(4-11-12-9)2-3-10-7(5)8/h2-3H,4H2,1H3,(H2,8,10). The van der Waals surface area contributed by atoms with E-state index in [4.69, 9.17) is 11.3 Å². The van der Waals surface area contributed by atoms with E-state index in [1.54, 1.807) is 12.3 Å². The summed E-state index contributed by atoms with van der Waals surface area (Å²) in [5.74, 6) is 0.487. The minimum Gasteiger partial charge on any atom is -0.383 e. The average Bonchev–Trinajstić information content (AvgIpc) is 2.08. The van der Waals surface area contributed by atoms with Crippen LogP contribution in [0.5, 0.6) is 0 Å². The highest BCUT2D eigenvalue weighted by atomic mass is 15.1. The quantitative estimate of drug-likeness (QED) is 0.409. The fourth-order valence-corrected chi connectivity index (χ4v) is 0.873. The molecule has 0 bridgehead atoms.